The van der Waals surface area contributed by atoms with E-state index in [9.17, 15) is 5.11 Å². The lowest BCUT2D eigenvalue weighted by atomic mass is 9.46. The standard InChI is InChI=1S/C24H36O5/c1-3-22-15-21(2,25)20-17-6-8-23(26-10-11-27-23)14-16(17)4-5-18(20)19(22)7-9-24(22)28-12-13-29-24/h14,17-20,25H,3-13,15H2,1-2H3/t17?,18-,19-,20+,21-,22-/m0/s1. The van der Waals surface area contributed by atoms with Crippen LogP contribution in [-0.4, -0.2) is 48.7 Å². The molecule has 2 saturated heterocycles. The summed E-state index contributed by atoms with van der Waals surface area (Å²) in [4.78, 5) is 0. The molecule has 6 atom stereocenters. The SMILES string of the molecule is CC[C@]12C[C@](C)(O)[C@@H]3C4CCC5(C=C4CC[C@H]3[C@@H]1CCC21OCCO1)OCCO5. The first-order chi connectivity index (χ1) is 13.9. The predicted molar refractivity (Wildman–Crippen MR) is 107 cm³/mol. The lowest BCUT2D eigenvalue weighted by Crippen LogP contribution is -2.63. The second kappa shape index (κ2) is 6.29. The normalized spacial score (nSPS) is 49.7. The summed E-state index contributed by atoms with van der Waals surface area (Å²) in [5.74, 6) is 0.982. The Labute approximate surface area is 174 Å². The molecule has 5 nitrogen and oxygen atoms in total. The van der Waals surface area contributed by atoms with Gasteiger partial charge in [-0.15, -0.1) is 0 Å². The molecule has 0 radical (unpaired) electrons. The molecule has 0 aromatic carbocycles. The number of hydrogen-bond acceptors (Lipinski definition) is 5. The number of ether oxygens (including phenoxy) is 4. The summed E-state index contributed by atoms with van der Waals surface area (Å²) in [5.41, 5.74) is 0.725. The van der Waals surface area contributed by atoms with Crippen molar-refractivity contribution in [3.63, 3.8) is 0 Å². The van der Waals surface area contributed by atoms with Gasteiger partial charge in [-0.25, -0.2) is 0 Å². The second-order valence-corrected chi connectivity index (χ2v) is 10.7. The zero-order valence-corrected chi connectivity index (χ0v) is 18.0. The fourth-order valence-corrected chi connectivity index (χ4v) is 8.87. The molecule has 4 aliphatic carbocycles. The molecule has 5 fully saturated rings. The lowest BCUT2D eigenvalue weighted by molar-refractivity contribution is -0.277. The van der Waals surface area contributed by atoms with Gasteiger partial charge in [0.2, 0.25) is 0 Å². The Morgan fingerprint density at radius 1 is 1.00 bits per heavy atom. The number of fused-ring (bicyclic) bond motifs is 6. The van der Waals surface area contributed by atoms with Crippen molar-refractivity contribution in [1.82, 2.24) is 0 Å². The number of rotatable bonds is 1. The van der Waals surface area contributed by atoms with Crippen LogP contribution in [0.25, 0.3) is 0 Å². The van der Waals surface area contributed by atoms with Gasteiger partial charge in [-0.3, -0.25) is 0 Å². The highest BCUT2D eigenvalue weighted by molar-refractivity contribution is 5.26. The molecular weight excluding hydrogens is 368 g/mol. The van der Waals surface area contributed by atoms with Crippen LogP contribution in [0.4, 0.5) is 0 Å². The van der Waals surface area contributed by atoms with E-state index in [0.29, 0.717) is 50.1 Å². The third kappa shape index (κ3) is 2.46. The van der Waals surface area contributed by atoms with Gasteiger partial charge in [0.05, 0.1) is 32.0 Å². The van der Waals surface area contributed by atoms with E-state index in [1.165, 1.54) is 12.0 Å². The van der Waals surface area contributed by atoms with Crippen molar-refractivity contribution < 1.29 is 24.1 Å². The first-order valence-corrected chi connectivity index (χ1v) is 11.9. The van der Waals surface area contributed by atoms with E-state index in [1.807, 2.05) is 0 Å². The summed E-state index contributed by atoms with van der Waals surface area (Å²) in [7, 11) is 0. The molecular formula is C24H36O5. The Morgan fingerprint density at radius 3 is 2.45 bits per heavy atom. The fraction of sp³-hybridized carbons (Fsp3) is 0.917. The monoisotopic (exact) mass is 404 g/mol. The minimum Gasteiger partial charge on any atom is -0.390 e. The van der Waals surface area contributed by atoms with E-state index in [-0.39, 0.29) is 5.41 Å². The van der Waals surface area contributed by atoms with E-state index in [0.717, 1.165) is 44.9 Å². The molecule has 162 valence electrons. The summed E-state index contributed by atoms with van der Waals surface area (Å²) in [6.45, 7) is 7.18. The van der Waals surface area contributed by atoms with E-state index < -0.39 is 17.2 Å². The average molecular weight is 405 g/mol. The van der Waals surface area contributed by atoms with Crippen molar-refractivity contribution in [3.8, 4) is 0 Å². The summed E-state index contributed by atoms with van der Waals surface area (Å²) < 4.78 is 24.6. The molecule has 0 amide bonds. The van der Waals surface area contributed by atoms with Crippen LogP contribution in [0.15, 0.2) is 11.6 Å². The van der Waals surface area contributed by atoms with E-state index in [4.69, 9.17) is 18.9 Å². The third-order valence-corrected chi connectivity index (χ3v) is 9.67. The third-order valence-electron chi connectivity index (χ3n) is 9.67. The molecule has 0 bridgehead atoms. The van der Waals surface area contributed by atoms with E-state index >= 15 is 0 Å². The van der Waals surface area contributed by atoms with Crippen LogP contribution >= 0.6 is 0 Å². The lowest BCUT2D eigenvalue weighted by Gasteiger charge is -2.62. The molecule has 2 aliphatic heterocycles. The summed E-state index contributed by atoms with van der Waals surface area (Å²) in [5, 5.41) is 12.0. The van der Waals surface area contributed by atoms with Gasteiger partial charge < -0.3 is 24.1 Å². The first kappa shape index (κ1) is 19.2. The van der Waals surface area contributed by atoms with Crippen molar-refractivity contribution >= 4 is 0 Å². The van der Waals surface area contributed by atoms with Crippen LogP contribution in [0.5, 0.6) is 0 Å². The van der Waals surface area contributed by atoms with Gasteiger partial charge in [-0.1, -0.05) is 12.5 Å². The highest BCUT2D eigenvalue weighted by atomic mass is 16.7. The highest BCUT2D eigenvalue weighted by Crippen LogP contribution is 2.70. The second-order valence-electron chi connectivity index (χ2n) is 10.7. The van der Waals surface area contributed by atoms with Crippen LogP contribution in [0.2, 0.25) is 0 Å². The molecule has 1 unspecified atom stereocenters. The van der Waals surface area contributed by atoms with Gasteiger partial charge in [-0.2, -0.15) is 0 Å². The Bertz CT molecular complexity index is 702. The quantitative estimate of drug-likeness (QED) is 0.674. The van der Waals surface area contributed by atoms with E-state index in [1.54, 1.807) is 0 Å². The maximum Gasteiger partial charge on any atom is 0.188 e. The fourth-order valence-electron chi connectivity index (χ4n) is 8.87. The number of hydrogen-bond donors (Lipinski definition) is 1. The maximum absolute atomic E-state index is 12.0. The van der Waals surface area contributed by atoms with Crippen molar-refractivity contribution in [2.24, 2.45) is 29.1 Å². The van der Waals surface area contributed by atoms with Crippen molar-refractivity contribution in [2.45, 2.75) is 82.4 Å². The molecule has 0 aromatic rings. The number of allylic oxidation sites excluding steroid dienone is 1. The summed E-state index contributed by atoms with van der Waals surface area (Å²) in [6, 6.07) is 0. The zero-order chi connectivity index (χ0) is 19.9. The molecule has 6 rings (SSSR count). The van der Waals surface area contributed by atoms with Crippen LogP contribution in [0.1, 0.15) is 65.2 Å². The molecule has 0 aromatic heterocycles. The Kier molecular flexibility index (Phi) is 4.17. The van der Waals surface area contributed by atoms with Gasteiger partial charge in [0.15, 0.2) is 11.6 Å². The van der Waals surface area contributed by atoms with Crippen molar-refractivity contribution in [1.29, 1.82) is 0 Å². The van der Waals surface area contributed by atoms with Gasteiger partial charge in [0, 0.05) is 18.3 Å². The zero-order valence-electron chi connectivity index (χ0n) is 18.0. The molecule has 6 aliphatic rings. The molecule has 1 N–H and O–H groups in total. The molecule has 29 heavy (non-hydrogen) atoms. The van der Waals surface area contributed by atoms with Gasteiger partial charge in [0.1, 0.15) is 0 Å². The summed E-state index contributed by atoms with van der Waals surface area (Å²) in [6.07, 6.45) is 10.5. The Hall–Kier alpha value is -0.460. The van der Waals surface area contributed by atoms with Gasteiger partial charge in [0.25, 0.3) is 0 Å². The van der Waals surface area contributed by atoms with E-state index in [2.05, 4.69) is 19.9 Å². The number of aliphatic hydroxyl groups is 1. The Morgan fingerprint density at radius 2 is 1.72 bits per heavy atom. The largest absolute Gasteiger partial charge is 0.390 e. The van der Waals surface area contributed by atoms with Crippen LogP contribution in [0.3, 0.4) is 0 Å². The summed E-state index contributed by atoms with van der Waals surface area (Å²) >= 11 is 0. The average Bonchev–Trinajstić information content (AvgIpc) is 3.43. The molecule has 3 saturated carbocycles. The van der Waals surface area contributed by atoms with Crippen molar-refractivity contribution in [2.75, 3.05) is 26.4 Å². The molecule has 2 spiro atoms. The Balaban J connectivity index is 1.37. The smallest absolute Gasteiger partial charge is 0.188 e. The minimum atomic E-state index is -0.699. The van der Waals surface area contributed by atoms with Gasteiger partial charge >= 0.3 is 0 Å². The predicted octanol–water partition coefficient (Wildman–Crippen LogP) is 3.80. The molecule has 2 heterocycles. The van der Waals surface area contributed by atoms with Crippen LogP contribution < -0.4 is 0 Å². The topological polar surface area (TPSA) is 57.2 Å². The van der Waals surface area contributed by atoms with Crippen molar-refractivity contribution in [3.05, 3.63) is 11.6 Å². The highest BCUT2D eigenvalue weighted by Gasteiger charge is 2.71. The van der Waals surface area contributed by atoms with Gasteiger partial charge in [-0.05, 0) is 75.2 Å². The molecule has 5 heteroatoms. The first-order valence-electron chi connectivity index (χ1n) is 11.9. The maximum atomic E-state index is 12.0. The minimum absolute atomic E-state index is 0.0526. The van der Waals surface area contributed by atoms with Crippen LogP contribution in [-0.2, 0) is 18.9 Å². The van der Waals surface area contributed by atoms with Crippen LogP contribution in [0, 0.1) is 29.1 Å².